The van der Waals surface area contributed by atoms with Gasteiger partial charge in [-0.25, -0.2) is 4.99 Å². The summed E-state index contributed by atoms with van der Waals surface area (Å²) in [7, 11) is 0. The van der Waals surface area contributed by atoms with Crippen LogP contribution in [0, 0.1) is 0 Å². The van der Waals surface area contributed by atoms with E-state index in [1.807, 2.05) is 31.2 Å². The number of hydrogen-bond donors (Lipinski definition) is 3. The van der Waals surface area contributed by atoms with Crippen molar-refractivity contribution in [3.63, 3.8) is 0 Å². The van der Waals surface area contributed by atoms with Crippen molar-refractivity contribution >= 4 is 47.2 Å². The number of unbranched alkanes of at least 4 members (excludes halogenated alkanes) is 1. The highest BCUT2D eigenvalue weighted by Crippen LogP contribution is 2.07. The summed E-state index contributed by atoms with van der Waals surface area (Å²) in [5.74, 6) is 0.781. The van der Waals surface area contributed by atoms with E-state index in [2.05, 4.69) is 44.7 Å². The molecule has 0 aliphatic carbocycles. The molecule has 0 spiro atoms. The minimum Gasteiger partial charge on any atom is -0.357 e. The first-order valence-electron chi connectivity index (χ1n) is 9.13. The van der Waals surface area contributed by atoms with Gasteiger partial charge < -0.3 is 16.0 Å². The number of carbonyl (C=O) groups is 1. The minimum atomic E-state index is -0.0105. The van der Waals surface area contributed by atoms with E-state index in [4.69, 9.17) is 0 Å². The fourth-order valence-electron chi connectivity index (χ4n) is 2.34. The molecular formula is C20H29IN4OS. The number of carbonyl (C=O) groups excluding carboxylic acids is 1. The zero-order valence-corrected chi connectivity index (χ0v) is 19.1. The van der Waals surface area contributed by atoms with Crippen LogP contribution in [0.5, 0.6) is 0 Å². The number of nitrogens with zero attached hydrogens (tertiary/aromatic N) is 1. The summed E-state index contributed by atoms with van der Waals surface area (Å²) in [5.41, 5.74) is 3.02. The first kappa shape index (κ1) is 23.4. The summed E-state index contributed by atoms with van der Waals surface area (Å²) < 4.78 is 0. The van der Waals surface area contributed by atoms with Crippen LogP contribution in [0.15, 0.2) is 46.1 Å². The molecule has 0 atom stereocenters. The third-order valence-electron chi connectivity index (χ3n) is 3.84. The van der Waals surface area contributed by atoms with Gasteiger partial charge in [-0.2, -0.15) is 11.3 Å². The molecule has 1 aromatic heterocycles. The Kier molecular flexibility index (Phi) is 11.8. The number of benzene rings is 1. The molecule has 0 aliphatic heterocycles. The van der Waals surface area contributed by atoms with Gasteiger partial charge in [-0.05, 0) is 53.4 Å². The fourth-order valence-corrected chi connectivity index (χ4v) is 3.00. The van der Waals surface area contributed by atoms with Gasteiger partial charge in [-0.1, -0.05) is 25.5 Å². The molecule has 0 bridgehead atoms. The van der Waals surface area contributed by atoms with Gasteiger partial charge in [0.1, 0.15) is 0 Å². The zero-order chi connectivity index (χ0) is 18.6. The summed E-state index contributed by atoms with van der Waals surface area (Å²) >= 11 is 1.68. The molecule has 1 amide bonds. The second-order valence-corrected chi connectivity index (χ2v) is 6.77. The summed E-state index contributed by atoms with van der Waals surface area (Å²) in [6.45, 7) is 7.02. The number of nitrogens with one attached hydrogen (secondary N) is 3. The van der Waals surface area contributed by atoms with Crippen LogP contribution in [0.2, 0.25) is 0 Å². The Bertz CT molecular complexity index is 687. The van der Waals surface area contributed by atoms with Crippen LogP contribution in [0.1, 0.15) is 48.2 Å². The molecule has 2 rings (SSSR count). The minimum absolute atomic E-state index is 0. The Morgan fingerprint density at radius 1 is 1.04 bits per heavy atom. The number of aliphatic imine (C=N–C) groups is 1. The van der Waals surface area contributed by atoms with Crippen LogP contribution >= 0.6 is 35.3 Å². The van der Waals surface area contributed by atoms with Gasteiger partial charge >= 0.3 is 0 Å². The van der Waals surface area contributed by atoms with Crippen molar-refractivity contribution in [2.75, 3.05) is 13.1 Å². The monoisotopic (exact) mass is 500 g/mol. The van der Waals surface area contributed by atoms with E-state index in [1.54, 1.807) is 11.3 Å². The zero-order valence-electron chi connectivity index (χ0n) is 16.0. The molecule has 2 aromatic rings. The lowest BCUT2D eigenvalue weighted by atomic mass is 10.1. The highest BCUT2D eigenvalue weighted by Gasteiger charge is 2.05. The van der Waals surface area contributed by atoms with Gasteiger partial charge in [-0.15, -0.1) is 24.0 Å². The van der Waals surface area contributed by atoms with E-state index in [0.717, 1.165) is 37.5 Å². The second-order valence-electron chi connectivity index (χ2n) is 5.99. The predicted octanol–water partition coefficient (Wildman–Crippen LogP) is 4.15. The lowest BCUT2D eigenvalue weighted by Gasteiger charge is -2.11. The largest absolute Gasteiger partial charge is 0.357 e. The average Bonchev–Trinajstić information content (AvgIpc) is 3.18. The highest BCUT2D eigenvalue weighted by molar-refractivity contribution is 14.0. The van der Waals surface area contributed by atoms with Crippen LogP contribution in [-0.4, -0.2) is 25.0 Å². The second kappa shape index (κ2) is 13.5. The van der Waals surface area contributed by atoms with Crippen molar-refractivity contribution in [3.05, 3.63) is 57.8 Å². The number of guanidine groups is 1. The number of rotatable bonds is 9. The van der Waals surface area contributed by atoms with Crippen molar-refractivity contribution in [2.24, 2.45) is 4.99 Å². The van der Waals surface area contributed by atoms with Crippen LogP contribution in [0.25, 0.3) is 0 Å². The van der Waals surface area contributed by atoms with E-state index >= 15 is 0 Å². The smallest absolute Gasteiger partial charge is 0.251 e. The van der Waals surface area contributed by atoms with Crippen LogP contribution in [0.4, 0.5) is 0 Å². The lowest BCUT2D eigenvalue weighted by Crippen LogP contribution is -2.36. The molecule has 27 heavy (non-hydrogen) atoms. The Labute approximate surface area is 183 Å². The van der Waals surface area contributed by atoms with Gasteiger partial charge in [0.05, 0.1) is 6.54 Å². The van der Waals surface area contributed by atoms with Gasteiger partial charge in [-0.3, -0.25) is 4.79 Å². The van der Waals surface area contributed by atoms with Crippen LogP contribution in [0.3, 0.4) is 0 Å². The summed E-state index contributed by atoms with van der Waals surface area (Å²) in [5, 5.41) is 13.7. The van der Waals surface area contributed by atoms with Crippen molar-refractivity contribution in [3.8, 4) is 0 Å². The van der Waals surface area contributed by atoms with Gasteiger partial charge in [0, 0.05) is 25.2 Å². The molecule has 0 unspecified atom stereocenters. The third kappa shape index (κ3) is 8.75. The maximum Gasteiger partial charge on any atom is 0.251 e. The van der Waals surface area contributed by atoms with Gasteiger partial charge in [0.15, 0.2) is 5.96 Å². The Hall–Kier alpha value is -1.61. The normalized spacial score (nSPS) is 10.8. The third-order valence-corrected chi connectivity index (χ3v) is 4.57. The first-order chi connectivity index (χ1) is 12.7. The van der Waals surface area contributed by atoms with Gasteiger partial charge in [0.25, 0.3) is 5.91 Å². The maximum atomic E-state index is 12.0. The van der Waals surface area contributed by atoms with E-state index in [-0.39, 0.29) is 29.9 Å². The number of halogens is 1. The van der Waals surface area contributed by atoms with E-state index in [0.29, 0.717) is 18.7 Å². The van der Waals surface area contributed by atoms with Crippen molar-refractivity contribution in [1.29, 1.82) is 0 Å². The Morgan fingerprint density at radius 3 is 2.44 bits per heavy atom. The van der Waals surface area contributed by atoms with Crippen molar-refractivity contribution in [2.45, 2.75) is 39.8 Å². The molecule has 0 saturated heterocycles. The van der Waals surface area contributed by atoms with Gasteiger partial charge in [0.2, 0.25) is 0 Å². The Balaban J connectivity index is 0.00000364. The summed E-state index contributed by atoms with van der Waals surface area (Å²) in [4.78, 5) is 16.6. The van der Waals surface area contributed by atoms with Crippen LogP contribution < -0.4 is 16.0 Å². The topological polar surface area (TPSA) is 65.5 Å². The molecule has 1 aromatic carbocycles. The predicted molar refractivity (Wildman–Crippen MR) is 125 cm³/mol. The number of thiophene rings is 1. The first-order valence-corrected chi connectivity index (χ1v) is 10.1. The maximum absolute atomic E-state index is 12.0. The molecule has 148 valence electrons. The lowest BCUT2D eigenvalue weighted by molar-refractivity contribution is 0.0953. The SMILES string of the molecule is CCCCNC(=O)c1ccc(CNC(=NCc2ccsc2)NCC)cc1.I. The molecular weight excluding hydrogens is 471 g/mol. The summed E-state index contributed by atoms with van der Waals surface area (Å²) in [6.07, 6.45) is 2.08. The quantitative estimate of drug-likeness (QED) is 0.210. The summed E-state index contributed by atoms with van der Waals surface area (Å²) in [6, 6.07) is 9.78. The average molecular weight is 500 g/mol. The molecule has 0 fully saturated rings. The number of hydrogen-bond acceptors (Lipinski definition) is 3. The molecule has 0 aliphatic rings. The molecule has 1 heterocycles. The van der Waals surface area contributed by atoms with E-state index in [1.165, 1.54) is 5.56 Å². The standard InChI is InChI=1S/C20H28N4OS.HI/c1-3-5-11-22-19(25)18-8-6-16(7-9-18)13-23-20(21-4-2)24-14-17-10-12-26-15-17;/h6-10,12,15H,3-5,11,13-14H2,1-2H3,(H,22,25)(H2,21,23,24);1H. The highest BCUT2D eigenvalue weighted by atomic mass is 127. The molecule has 3 N–H and O–H groups in total. The van der Waals surface area contributed by atoms with Crippen molar-refractivity contribution < 1.29 is 4.79 Å². The number of amides is 1. The molecule has 0 saturated carbocycles. The molecule has 7 heteroatoms. The Morgan fingerprint density at radius 2 is 1.81 bits per heavy atom. The van der Waals surface area contributed by atoms with Crippen molar-refractivity contribution in [1.82, 2.24) is 16.0 Å². The molecule has 5 nitrogen and oxygen atoms in total. The fraction of sp³-hybridized carbons (Fsp3) is 0.400. The van der Waals surface area contributed by atoms with Crippen LogP contribution in [-0.2, 0) is 13.1 Å². The van der Waals surface area contributed by atoms with E-state index < -0.39 is 0 Å². The van der Waals surface area contributed by atoms with E-state index in [9.17, 15) is 4.79 Å². The molecule has 0 radical (unpaired) electrons.